The van der Waals surface area contributed by atoms with Crippen molar-refractivity contribution < 1.29 is 4.42 Å². The Hall–Kier alpha value is -6.72. The van der Waals surface area contributed by atoms with E-state index in [1.54, 1.807) is 0 Å². The maximum Gasteiger partial charge on any atom is 0.235 e. The first-order chi connectivity index (χ1) is 24.3. The maximum atomic E-state index is 6.36. The van der Waals surface area contributed by atoms with Crippen LogP contribution in [-0.2, 0) is 0 Å². The second-order valence-corrected chi connectivity index (χ2v) is 12.6. The van der Waals surface area contributed by atoms with E-state index in [1.165, 1.54) is 16.3 Å². The van der Waals surface area contributed by atoms with Gasteiger partial charge in [-0.25, -0.2) is 9.97 Å². The molecule has 0 aliphatic heterocycles. The first kappa shape index (κ1) is 26.4. The number of para-hydroxylation sites is 5. The number of benzene rings is 7. The predicted molar refractivity (Wildman–Crippen MR) is 201 cm³/mol. The standard InChI is InChI=1S/C44H26N4O/c1-2-12-28(13-3-1)47-36-19-9-6-15-30(36)34-26-27(22-24-38(34)47)42-32-16-4-8-18-35(32)45-44(46-42)48-37-20-10-5-14-29(37)31-23-25-40-41(43(31)48)33-17-7-11-21-39(33)49-40/h1-26H. The molecule has 4 heterocycles. The van der Waals surface area contributed by atoms with Crippen LogP contribution in [0.15, 0.2) is 162 Å². The van der Waals surface area contributed by atoms with Crippen molar-refractivity contribution in [1.29, 1.82) is 0 Å². The van der Waals surface area contributed by atoms with Crippen LogP contribution in [0.5, 0.6) is 0 Å². The average Bonchev–Trinajstić information content (AvgIpc) is 3.82. The summed E-state index contributed by atoms with van der Waals surface area (Å²) in [6.07, 6.45) is 0. The van der Waals surface area contributed by atoms with Crippen molar-refractivity contribution in [2.75, 3.05) is 0 Å². The van der Waals surface area contributed by atoms with Gasteiger partial charge in [0.05, 0.1) is 38.7 Å². The molecule has 0 atom stereocenters. The Morgan fingerprint density at radius 3 is 1.92 bits per heavy atom. The van der Waals surface area contributed by atoms with Gasteiger partial charge in [0, 0.05) is 43.6 Å². The minimum absolute atomic E-state index is 0.629. The molecule has 0 fully saturated rings. The first-order valence-corrected chi connectivity index (χ1v) is 16.5. The molecule has 0 N–H and O–H groups in total. The van der Waals surface area contributed by atoms with E-state index >= 15 is 0 Å². The normalized spacial score (nSPS) is 12.1. The van der Waals surface area contributed by atoms with Gasteiger partial charge < -0.3 is 8.98 Å². The highest BCUT2D eigenvalue weighted by molar-refractivity contribution is 6.24. The van der Waals surface area contributed by atoms with Crippen molar-refractivity contribution in [3.05, 3.63) is 158 Å². The SMILES string of the molecule is c1ccc(-n2c3ccccc3c3cc(-c4nc(-n5c6ccccc6c6ccc7oc8ccccc8c7c65)nc5ccccc45)ccc32)cc1. The van der Waals surface area contributed by atoms with E-state index in [1.807, 2.05) is 18.2 Å². The van der Waals surface area contributed by atoms with Crippen LogP contribution in [-0.4, -0.2) is 19.1 Å². The van der Waals surface area contributed by atoms with E-state index in [0.717, 1.165) is 77.1 Å². The molecule has 0 spiro atoms. The summed E-state index contributed by atoms with van der Waals surface area (Å²) in [5.41, 5.74) is 10.1. The van der Waals surface area contributed by atoms with E-state index in [-0.39, 0.29) is 0 Å². The lowest BCUT2D eigenvalue weighted by molar-refractivity contribution is 0.669. The summed E-state index contributed by atoms with van der Waals surface area (Å²) in [6.45, 7) is 0. The third kappa shape index (κ3) is 3.70. The Morgan fingerprint density at radius 1 is 0.429 bits per heavy atom. The van der Waals surface area contributed by atoms with Crippen LogP contribution >= 0.6 is 0 Å². The van der Waals surface area contributed by atoms with Gasteiger partial charge in [0.1, 0.15) is 11.2 Å². The molecule has 0 unspecified atom stereocenters. The van der Waals surface area contributed by atoms with Gasteiger partial charge in [-0.1, -0.05) is 97.1 Å². The third-order valence-electron chi connectivity index (χ3n) is 9.93. The van der Waals surface area contributed by atoms with E-state index in [9.17, 15) is 0 Å². The van der Waals surface area contributed by atoms with Crippen LogP contribution < -0.4 is 0 Å². The quantitative estimate of drug-likeness (QED) is 0.196. The van der Waals surface area contributed by atoms with Crippen molar-refractivity contribution in [2.24, 2.45) is 0 Å². The molecule has 0 aliphatic carbocycles. The van der Waals surface area contributed by atoms with Crippen molar-refractivity contribution >= 4 is 76.5 Å². The van der Waals surface area contributed by atoms with E-state index in [0.29, 0.717) is 5.95 Å². The lowest BCUT2D eigenvalue weighted by atomic mass is 10.0. The zero-order valence-electron chi connectivity index (χ0n) is 26.2. The van der Waals surface area contributed by atoms with Crippen LogP contribution in [0, 0.1) is 0 Å². The molecule has 49 heavy (non-hydrogen) atoms. The summed E-state index contributed by atoms with van der Waals surface area (Å²) in [6, 6.07) is 55.3. The highest BCUT2D eigenvalue weighted by Gasteiger charge is 2.22. The largest absolute Gasteiger partial charge is 0.456 e. The molecule has 5 heteroatoms. The fourth-order valence-corrected chi connectivity index (χ4v) is 7.83. The summed E-state index contributed by atoms with van der Waals surface area (Å²) in [5.74, 6) is 0.629. The van der Waals surface area contributed by atoms with Gasteiger partial charge in [-0.3, -0.25) is 4.57 Å². The molecule has 0 bridgehead atoms. The summed E-state index contributed by atoms with van der Waals surface area (Å²) in [4.78, 5) is 10.7. The maximum absolute atomic E-state index is 6.36. The van der Waals surface area contributed by atoms with Gasteiger partial charge in [0.25, 0.3) is 0 Å². The molecule has 4 aromatic heterocycles. The van der Waals surface area contributed by atoms with Crippen molar-refractivity contribution in [3.63, 3.8) is 0 Å². The highest BCUT2D eigenvalue weighted by Crippen LogP contribution is 2.41. The van der Waals surface area contributed by atoms with Crippen LogP contribution in [0.1, 0.15) is 0 Å². The van der Waals surface area contributed by atoms with Crippen LogP contribution in [0.3, 0.4) is 0 Å². The second-order valence-electron chi connectivity index (χ2n) is 12.6. The number of fused-ring (bicyclic) bond motifs is 11. The van der Waals surface area contributed by atoms with Gasteiger partial charge in [0.2, 0.25) is 5.95 Å². The van der Waals surface area contributed by atoms with Gasteiger partial charge in [-0.15, -0.1) is 0 Å². The molecule has 0 aliphatic rings. The van der Waals surface area contributed by atoms with Gasteiger partial charge in [-0.05, 0) is 60.7 Å². The molecule has 0 saturated heterocycles. The van der Waals surface area contributed by atoms with E-state index in [4.69, 9.17) is 14.4 Å². The number of aromatic nitrogens is 4. The van der Waals surface area contributed by atoms with Crippen molar-refractivity contribution in [1.82, 2.24) is 19.1 Å². The zero-order valence-corrected chi connectivity index (χ0v) is 26.2. The van der Waals surface area contributed by atoms with Gasteiger partial charge in [-0.2, -0.15) is 0 Å². The summed E-state index contributed by atoms with van der Waals surface area (Å²) in [7, 11) is 0. The zero-order chi connectivity index (χ0) is 32.1. The van der Waals surface area contributed by atoms with Crippen LogP contribution in [0.2, 0.25) is 0 Å². The smallest absolute Gasteiger partial charge is 0.235 e. The summed E-state index contributed by atoms with van der Waals surface area (Å²) in [5, 5.41) is 7.84. The molecule has 5 nitrogen and oxygen atoms in total. The predicted octanol–water partition coefficient (Wildman–Crippen LogP) is 11.4. The van der Waals surface area contributed by atoms with E-state index in [2.05, 4.69) is 149 Å². The van der Waals surface area contributed by atoms with Crippen molar-refractivity contribution in [3.8, 4) is 22.9 Å². The van der Waals surface area contributed by atoms with Crippen LogP contribution in [0.25, 0.3) is 99.3 Å². The Bertz CT molecular complexity index is 3110. The number of hydrogen-bond donors (Lipinski definition) is 0. The lowest BCUT2D eigenvalue weighted by Gasteiger charge is -2.12. The minimum Gasteiger partial charge on any atom is -0.456 e. The topological polar surface area (TPSA) is 48.8 Å². The highest BCUT2D eigenvalue weighted by atomic mass is 16.3. The molecule has 11 rings (SSSR count). The number of nitrogens with zero attached hydrogens (tertiary/aromatic N) is 4. The molecule has 0 radical (unpaired) electrons. The van der Waals surface area contributed by atoms with Gasteiger partial charge >= 0.3 is 0 Å². The number of rotatable bonds is 3. The van der Waals surface area contributed by atoms with Crippen LogP contribution in [0.4, 0.5) is 0 Å². The Kier molecular flexibility index (Phi) is 5.32. The average molecular weight is 627 g/mol. The minimum atomic E-state index is 0.629. The summed E-state index contributed by atoms with van der Waals surface area (Å²) >= 11 is 0. The molecule has 0 amide bonds. The van der Waals surface area contributed by atoms with Gasteiger partial charge in [0.15, 0.2) is 0 Å². The Labute approximate surface area is 279 Å². The number of hydrogen-bond acceptors (Lipinski definition) is 3. The Morgan fingerprint density at radius 2 is 1.08 bits per heavy atom. The van der Waals surface area contributed by atoms with E-state index < -0.39 is 0 Å². The molecule has 11 aromatic rings. The molecular weight excluding hydrogens is 601 g/mol. The Balaban J connectivity index is 1.23. The fourth-order valence-electron chi connectivity index (χ4n) is 7.83. The lowest BCUT2D eigenvalue weighted by Crippen LogP contribution is -2.03. The van der Waals surface area contributed by atoms with Crippen molar-refractivity contribution in [2.45, 2.75) is 0 Å². The first-order valence-electron chi connectivity index (χ1n) is 16.5. The molecule has 0 saturated carbocycles. The second kappa shape index (κ2) is 9.89. The molecular formula is C44H26N4O. The number of furan rings is 1. The molecule has 228 valence electrons. The molecule has 7 aromatic carbocycles. The monoisotopic (exact) mass is 626 g/mol. The summed E-state index contributed by atoms with van der Waals surface area (Å²) < 4.78 is 10.9. The third-order valence-corrected chi connectivity index (χ3v) is 9.93. The fraction of sp³-hybridized carbons (Fsp3) is 0.